The van der Waals surface area contributed by atoms with Crippen LogP contribution in [0.5, 0.6) is 0 Å². The second kappa shape index (κ2) is 6.40. The normalized spacial score (nSPS) is 14.7. The first-order chi connectivity index (χ1) is 6.90. The predicted molar refractivity (Wildman–Crippen MR) is 57.0 cm³/mol. The molecule has 5 heteroatoms. The van der Waals surface area contributed by atoms with E-state index >= 15 is 0 Å². The van der Waals surface area contributed by atoms with Crippen molar-refractivity contribution in [2.24, 2.45) is 17.6 Å². The topological polar surface area (TPSA) is 81.4 Å². The fourth-order valence-electron chi connectivity index (χ4n) is 1.25. The van der Waals surface area contributed by atoms with Crippen LogP contribution in [0.3, 0.4) is 0 Å². The lowest BCUT2D eigenvalue weighted by molar-refractivity contribution is -0.144. The number of nitrogens with one attached hydrogen (secondary N) is 1. The zero-order valence-corrected chi connectivity index (χ0v) is 9.74. The summed E-state index contributed by atoms with van der Waals surface area (Å²) in [7, 11) is 1.34. The van der Waals surface area contributed by atoms with Crippen LogP contribution in [0.4, 0.5) is 0 Å². The molecule has 88 valence electrons. The van der Waals surface area contributed by atoms with Gasteiger partial charge in [-0.25, -0.2) is 0 Å². The second-order valence-corrected chi connectivity index (χ2v) is 3.96. The van der Waals surface area contributed by atoms with E-state index in [1.165, 1.54) is 7.11 Å². The molecule has 5 nitrogen and oxygen atoms in total. The van der Waals surface area contributed by atoms with Crippen LogP contribution in [0.25, 0.3) is 0 Å². The number of methoxy groups -OCH3 is 1. The molecule has 2 unspecified atom stereocenters. The number of ether oxygens (including phenoxy) is 1. The lowest BCUT2D eigenvalue weighted by Gasteiger charge is -2.20. The number of carbonyl (C=O) groups excluding carboxylic acids is 2. The molecule has 0 rings (SSSR count). The van der Waals surface area contributed by atoms with E-state index < -0.39 is 11.9 Å². The number of nitrogens with two attached hydrogens (primary N) is 1. The van der Waals surface area contributed by atoms with Crippen LogP contribution in [0.1, 0.15) is 20.8 Å². The smallest absolute Gasteiger partial charge is 0.309 e. The Balaban J connectivity index is 4.11. The standard InChI is InChI=1S/C10H20N2O3/c1-6(2)8(9(11)13)12-5-7(3)10(14)15-4/h6-8,12H,5H2,1-4H3,(H2,11,13). The van der Waals surface area contributed by atoms with Crippen LogP contribution in [-0.4, -0.2) is 31.6 Å². The zero-order valence-electron chi connectivity index (χ0n) is 9.74. The van der Waals surface area contributed by atoms with Crippen molar-refractivity contribution < 1.29 is 14.3 Å². The summed E-state index contributed by atoms with van der Waals surface area (Å²) in [6, 6.07) is -0.405. The maximum Gasteiger partial charge on any atom is 0.309 e. The summed E-state index contributed by atoms with van der Waals surface area (Å²) in [5.74, 6) is -0.875. The third-order valence-electron chi connectivity index (χ3n) is 2.22. The molecule has 0 radical (unpaired) electrons. The van der Waals surface area contributed by atoms with Crippen molar-refractivity contribution in [3.63, 3.8) is 0 Å². The highest BCUT2D eigenvalue weighted by Gasteiger charge is 2.21. The number of esters is 1. The fourth-order valence-corrected chi connectivity index (χ4v) is 1.25. The van der Waals surface area contributed by atoms with Gasteiger partial charge in [-0.3, -0.25) is 9.59 Å². The van der Waals surface area contributed by atoms with Gasteiger partial charge in [0.05, 0.1) is 19.1 Å². The number of hydrogen-bond donors (Lipinski definition) is 2. The molecule has 2 atom stereocenters. The van der Waals surface area contributed by atoms with Gasteiger partial charge < -0.3 is 15.8 Å². The minimum atomic E-state index is -0.405. The Morgan fingerprint density at radius 2 is 1.87 bits per heavy atom. The average Bonchev–Trinajstić information content (AvgIpc) is 2.15. The van der Waals surface area contributed by atoms with E-state index in [4.69, 9.17) is 5.73 Å². The average molecular weight is 216 g/mol. The molecule has 0 saturated heterocycles. The molecule has 0 aromatic heterocycles. The SMILES string of the molecule is COC(=O)C(C)CNC(C(N)=O)C(C)C. The number of primary amides is 1. The molecule has 0 aliphatic rings. The summed E-state index contributed by atoms with van der Waals surface area (Å²) in [6.45, 7) is 5.91. The van der Waals surface area contributed by atoms with Crippen LogP contribution in [0.2, 0.25) is 0 Å². The maximum absolute atomic E-state index is 11.1. The maximum atomic E-state index is 11.1. The molecular weight excluding hydrogens is 196 g/mol. The highest BCUT2D eigenvalue weighted by Crippen LogP contribution is 2.03. The largest absolute Gasteiger partial charge is 0.469 e. The Hall–Kier alpha value is -1.10. The molecule has 1 amide bonds. The molecule has 0 aliphatic heterocycles. The zero-order chi connectivity index (χ0) is 12.0. The van der Waals surface area contributed by atoms with E-state index in [0.717, 1.165) is 0 Å². The van der Waals surface area contributed by atoms with E-state index in [1.807, 2.05) is 13.8 Å². The van der Waals surface area contributed by atoms with Gasteiger partial charge in [-0.1, -0.05) is 20.8 Å². The summed E-state index contributed by atoms with van der Waals surface area (Å²) >= 11 is 0. The van der Waals surface area contributed by atoms with E-state index in [-0.39, 0.29) is 17.8 Å². The molecule has 3 N–H and O–H groups in total. The van der Waals surface area contributed by atoms with Crippen molar-refractivity contribution in [1.82, 2.24) is 5.32 Å². The summed E-state index contributed by atoms with van der Waals surface area (Å²) in [5.41, 5.74) is 5.21. The molecule has 15 heavy (non-hydrogen) atoms. The molecule has 0 spiro atoms. The van der Waals surface area contributed by atoms with Crippen molar-refractivity contribution in [2.45, 2.75) is 26.8 Å². The van der Waals surface area contributed by atoms with Crippen molar-refractivity contribution in [3.8, 4) is 0 Å². The lowest BCUT2D eigenvalue weighted by Crippen LogP contribution is -2.47. The Kier molecular flexibility index (Phi) is 5.93. The summed E-state index contributed by atoms with van der Waals surface area (Å²) in [6.07, 6.45) is 0. The Morgan fingerprint density at radius 3 is 2.20 bits per heavy atom. The van der Waals surface area contributed by atoms with Gasteiger partial charge in [0, 0.05) is 6.54 Å². The van der Waals surface area contributed by atoms with Gasteiger partial charge in [0.2, 0.25) is 5.91 Å². The van der Waals surface area contributed by atoms with Crippen LogP contribution in [0, 0.1) is 11.8 Å². The first-order valence-electron chi connectivity index (χ1n) is 5.00. The predicted octanol–water partition coefficient (Wildman–Crippen LogP) is -0.105. The second-order valence-electron chi connectivity index (χ2n) is 3.96. The summed E-state index contributed by atoms with van der Waals surface area (Å²) in [5, 5.41) is 2.96. The molecule has 0 fully saturated rings. The van der Waals surface area contributed by atoms with Crippen molar-refractivity contribution in [3.05, 3.63) is 0 Å². The Bertz CT molecular complexity index is 229. The molecule has 0 bridgehead atoms. The van der Waals surface area contributed by atoms with Gasteiger partial charge >= 0.3 is 5.97 Å². The van der Waals surface area contributed by atoms with E-state index in [2.05, 4.69) is 10.1 Å². The number of hydrogen-bond acceptors (Lipinski definition) is 4. The first kappa shape index (κ1) is 13.9. The number of amides is 1. The van der Waals surface area contributed by atoms with Gasteiger partial charge in [0.25, 0.3) is 0 Å². The summed E-state index contributed by atoms with van der Waals surface area (Å²) in [4.78, 5) is 22.1. The van der Waals surface area contributed by atoms with Crippen molar-refractivity contribution >= 4 is 11.9 Å². The third-order valence-corrected chi connectivity index (χ3v) is 2.22. The fraction of sp³-hybridized carbons (Fsp3) is 0.800. The molecule has 0 heterocycles. The van der Waals surface area contributed by atoms with Crippen LogP contribution in [0.15, 0.2) is 0 Å². The third kappa shape index (κ3) is 4.78. The molecule has 0 saturated carbocycles. The highest BCUT2D eigenvalue weighted by atomic mass is 16.5. The van der Waals surface area contributed by atoms with Gasteiger partial charge in [-0.15, -0.1) is 0 Å². The number of carbonyl (C=O) groups is 2. The number of rotatable bonds is 6. The van der Waals surface area contributed by atoms with Crippen LogP contribution in [-0.2, 0) is 14.3 Å². The van der Waals surface area contributed by atoms with E-state index in [9.17, 15) is 9.59 Å². The van der Waals surface area contributed by atoms with Gasteiger partial charge in [-0.05, 0) is 5.92 Å². The monoisotopic (exact) mass is 216 g/mol. The summed E-state index contributed by atoms with van der Waals surface area (Å²) < 4.78 is 4.57. The van der Waals surface area contributed by atoms with E-state index in [1.54, 1.807) is 6.92 Å². The lowest BCUT2D eigenvalue weighted by atomic mass is 10.0. The molecule has 0 aliphatic carbocycles. The van der Waals surface area contributed by atoms with Crippen molar-refractivity contribution in [2.75, 3.05) is 13.7 Å². The van der Waals surface area contributed by atoms with Gasteiger partial charge in [0.15, 0.2) is 0 Å². The highest BCUT2D eigenvalue weighted by molar-refractivity contribution is 5.80. The Morgan fingerprint density at radius 1 is 1.33 bits per heavy atom. The molecule has 0 aromatic carbocycles. The van der Waals surface area contributed by atoms with Crippen molar-refractivity contribution in [1.29, 1.82) is 0 Å². The van der Waals surface area contributed by atoms with Crippen LogP contribution >= 0.6 is 0 Å². The minimum absolute atomic E-state index is 0.104. The first-order valence-corrected chi connectivity index (χ1v) is 5.00. The quantitative estimate of drug-likeness (QED) is 0.607. The Labute approximate surface area is 90.4 Å². The van der Waals surface area contributed by atoms with Gasteiger partial charge in [-0.2, -0.15) is 0 Å². The molecule has 0 aromatic rings. The van der Waals surface area contributed by atoms with Crippen LogP contribution < -0.4 is 11.1 Å². The minimum Gasteiger partial charge on any atom is -0.469 e. The molecular formula is C10H20N2O3. The van der Waals surface area contributed by atoms with Gasteiger partial charge in [0.1, 0.15) is 0 Å². The van der Waals surface area contributed by atoms with E-state index in [0.29, 0.717) is 6.54 Å².